The van der Waals surface area contributed by atoms with Gasteiger partial charge in [0.25, 0.3) is 0 Å². The third-order valence-corrected chi connectivity index (χ3v) is 4.89. The van der Waals surface area contributed by atoms with Crippen LogP contribution in [0.4, 0.5) is 0 Å². The fraction of sp³-hybridized carbons (Fsp3) is 0.190. The molecule has 0 saturated heterocycles. The molecule has 1 aromatic carbocycles. The molecule has 0 amide bonds. The van der Waals surface area contributed by atoms with E-state index >= 15 is 0 Å². The number of aryl methyl sites for hydroxylation is 2. The fourth-order valence-corrected chi connectivity index (χ4v) is 3.50. The number of hydrogen-bond acceptors (Lipinski definition) is 3. The number of halogens is 1. The highest BCUT2D eigenvalue weighted by Crippen LogP contribution is 2.22. The van der Waals surface area contributed by atoms with Crippen molar-refractivity contribution in [3.8, 4) is 11.8 Å². The summed E-state index contributed by atoms with van der Waals surface area (Å²) in [7, 11) is 0. The zero-order valence-corrected chi connectivity index (χ0v) is 15.9. The third kappa shape index (κ3) is 3.09. The lowest BCUT2D eigenvalue weighted by Crippen LogP contribution is -2.05. The Bertz CT molecular complexity index is 1160. The maximum atomic E-state index is 9.25. The Balaban J connectivity index is 1.69. The molecular formula is C21H18ClN5. The second kappa shape index (κ2) is 6.90. The molecule has 0 radical (unpaired) electrons. The molecule has 4 aromatic rings. The second-order valence-electron chi connectivity index (χ2n) is 6.46. The highest BCUT2D eigenvalue weighted by atomic mass is 35.5. The quantitative estimate of drug-likeness (QED) is 0.521. The molecular weight excluding hydrogens is 358 g/mol. The van der Waals surface area contributed by atoms with Crippen molar-refractivity contribution >= 4 is 22.8 Å². The minimum atomic E-state index is 0.515. The van der Waals surface area contributed by atoms with Crippen LogP contribution in [-0.4, -0.2) is 19.1 Å². The molecule has 3 heterocycles. The van der Waals surface area contributed by atoms with Crippen LogP contribution in [0.1, 0.15) is 29.6 Å². The molecule has 0 bridgehead atoms. The van der Waals surface area contributed by atoms with Crippen molar-refractivity contribution in [3.05, 3.63) is 76.5 Å². The van der Waals surface area contributed by atoms with Gasteiger partial charge >= 0.3 is 0 Å². The van der Waals surface area contributed by atoms with Crippen molar-refractivity contribution < 1.29 is 0 Å². The number of pyridine rings is 1. The summed E-state index contributed by atoms with van der Waals surface area (Å²) in [5.74, 6) is 1.03. The lowest BCUT2D eigenvalue weighted by atomic mass is 10.2. The van der Waals surface area contributed by atoms with E-state index in [1.54, 1.807) is 16.8 Å². The summed E-state index contributed by atoms with van der Waals surface area (Å²) in [6, 6.07) is 13.9. The van der Waals surface area contributed by atoms with Crippen LogP contribution in [-0.2, 0) is 13.0 Å². The van der Waals surface area contributed by atoms with Gasteiger partial charge in [0.2, 0.25) is 0 Å². The molecule has 0 spiro atoms. The molecule has 27 heavy (non-hydrogen) atoms. The van der Waals surface area contributed by atoms with Gasteiger partial charge in [-0.2, -0.15) is 5.26 Å². The van der Waals surface area contributed by atoms with E-state index in [1.165, 1.54) is 0 Å². The monoisotopic (exact) mass is 375 g/mol. The Morgan fingerprint density at radius 2 is 1.96 bits per heavy atom. The fourth-order valence-electron chi connectivity index (χ4n) is 3.29. The lowest BCUT2D eigenvalue weighted by molar-refractivity contribution is 0.746. The Morgan fingerprint density at radius 3 is 2.67 bits per heavy atom. The molecule has 0 fully saturated rings. The molecule has 0 aliphatic heterocycles. The van der Waals surface area contributed by atoms with Gasteiger partial charge < -0.3 is 9.13 Å². The number of hydrogen-bond donors (Lipinski definition) is 0. The Labute approximate surface area is 162 Å². The molecule has 4 rings (SSSR count). The maximum absolute atomic E-state index is 9.25. The van der Waals surface area contributed by atoms with Crippen LogP contribution >= 0.6 is 11.6 Å². The van der Waals surface area contributed by atoms with Crippen LogP contribution in [0.2, 0.25) is 5.02 Å². The van der Waals surface area contributed by atoms with Crippen LogP contribution in [0.25, 0.3) is 16.9 Å². The van der Waals surface area contributed by atoms with Crippen molar-refractivity contribution in [2.75, 3.05) is 0 Å². The Hall–Kier alpha value is -3.10. The standard InChI is InChI=1S/C21H18ClN5/c1-3-19-25-20-14(2)8-9-24-21(20)27(19)12-15-4-6-17(7-5-15)26-13-16(22)10-18(26)11-23/h4-10,13H,3,12H2,1-2H3. The molecule has 5 nitrogen and oxygen atoms in total. The first-order valence-corrected chi connectivity index (χ1v) is 9.16. The molecule has 0 aliphatic rings. The summed E-state index contributed by atoms with van der Waals surface area (Å²) in [5.41, 5.74) is 5.58. The van der Waals surface area contributed by atoms with Crippen LogP contribution < -0.4 is 0 Å². The lowest BCUT2D eigenvalue weighted by Gasteiger charge is -2.10. The van der Waals surface area contributed by atoms with Gasteiger partial charge in [0, 0.05) is 24.5 Å². The summed E-state index contributed by atoms with van der Waals surface area (Å²) >= 11 is 6.03. The first-order valence-electron chi connectivity index (χ1n) is 8.78. The van der Waals surface area contributed by atoms with Crippen LogP contribution in [0.5, 0.6) is 0 Å². The van der Waals surface area contributed by atoms with Crippen LogP contribution in [0, 0.1) is 18.3 Å². The SMILES string of the molecule is CCc1nc2c(C)ccnc2n1Cc1ccc(-n2cc(Cl)cc2C#N)cc1. The zero-order valence-electron chi connectivity index (χ0n) is 15.1. The van der Waals surface area contributed by atoms with Gasteiger partial charge in [0.1, 0.15) is 23.1 Å². The largest absolute Gasteiger partial charge is 0.308 e. The van der Waals surface area contributed by atoms with E-state index in [4.69, 9.17) is 16.6 Å². The summed E-state index contributed by atoms with van der Waals surface area (Å²) in [4.78, 5) is 9.31. The van der Waals surface area contributed by atoms with Gasteiger partial charge in [-0.25, -0.2) is 9.97 Å². The van der Waals surface area contributed by atoms with Gasteiger partial charge in [0.05, 0.1) is 11.6 Å². The number of aromatic nitrogens is 4. The van der Waals surface area contributed by atoms with E-state index in [0.717, 1.165) is 40.2 Å². The molecule has 0 aliphatic carbocycles. The average Bonchev–Trinajstić information content (AvgIpc) is 3.24. The maximum Gasteiger partial charge on any atom is 0.160 e. The molecule has 6 heteroatoms. The van der Waals surface area contributed by atoms with E-state index in [1.807, 2.05) is 24.4 Å². The van der Waals surface area contributed by atoms with Crippen molar-refractivity contribution in [3.63, 3.8) is 0 Å². The minimum absolute atomic E-state index is 0.515. The van der Waals surface area contributed by atoms with Gasteiger partial charge in [0.15, 0.2) is 5.65 Å². The average molecular weight is 376 g/mol. The number of rotatable bonds is 4. The zero-order chi connectivity index (χ0) is 19.0. The number of benzene rings is 1. The van der Waals surface area contributed by atoms with E-state index < -0.39 is 0 Å². The predicted molar refractivity (Wildman–Crippen MR) is 106 cm³/mol. The smallest absolute Gasteiger partial charge is 0.160 e. The topological polar surface area (TPSA) is 59.4 Å². The van der Waals surface area contributed by atoms with E-state index in [2.05, 4.69) is 41.6 Å². The van der Waals surface area contributed by atoms with Gasteiger partial charge in [-0.15, -0.1) is 0 Å². The first-order chi connectivity index (χ1) is 13.1. The van der Waals surface area contributed by atoms with Gasteiger partial charge in [-0.05, 0) is 42.3 Å². The van der Waals surface area contributed by atoms with Gasteiger partial charge in [-0.3, -0.25) is 0 Å². The highest BCUT2D eigenvalue weighted by molar-refractivity contribution is 6.30. The molecule has 0 N–H and O–H groups in total. The third-order valence-electron chi connectivity index (χ3n) is 4.69. The van der Waals surface area contributed by atoms with E-state index in [0.29, 0.717) is 17.3 Å². The molecule has 0 atom stereocenters. The second-order valence-corrected chi connectivity index (χ2v) is 6.90. The number of nitrogens with zero attached hydrogens (tertiary/aromatic N) is 5. The minimum Gasteiger partial charge on any atom is -0.308 e. The van der Waals surface area contributed by atoms with Crippen LogP contribution in [0.15, 0.2) is 48.8 Å². The normalized spacial score (nSPS) is 11.0. The van der Waals surface area contributed by atoms with Crippen LogP contribution in [0.3, 0.4) is 0 Å². The van der Waals surface area contributed by atoms with Crippen molar-refractivity contribution in [2.45, 2.75) is 26.8 Å². The number of fused-ring (bicyclic) bond motifs is 1. The number of nitriles is 1. The molecule has 0 unspecified atom stereocenters. The van der Waals surface area contributed by atoms with Crippen molar-refractivity contribution in [1.29, 1.82) is 5.26 Å². The molecule has 134 valence electrons. The summed E-state index contributed by atoms with van der Waals surface area (Å²) < 4.78 is 3.96. The Morgan fingerprint density at radius 1 is 1.19 bits per heavy atom. The van der Waals surface area contributed by atoms with Crippen molar-refractivity contribution in [1.82, 2.24) is 19.1 Å². The highest BCUT2D eigenvalue weighted by Gasteiger charge is 2.13. The van der Waals surface area contributed by atoms with E-state index in [9.17, 15) is 5.26 Å². The summed E-state index contributed by atoms with van der Waals surface area (Å²) in [5, 5.41) is 9.80. The first kappa shape index (κ1) is 17.3. The summed E-state index contributed by atoms with van der Waals surface area (Å²) in [6.45, 7) is 4.87. The van der Waals surface area contributed by atoms with E-state index in [-0.39, 0.29) is 0 Å². The molecule has 0 saturated carbocycles. The van der Waals surface area contributed by atoms with Crippen molar-refractivity contribution in [2.24, 2.45) is 0 Å². The Kier molecular flexibility index (Phi) is 4.43. The predicted octanol–water partition coefficient (Wildman–Crippen LogP) is 4.67. The molecule has 3 aromatic heterocycles. The summed E-state index contributed by atoms with van der Waals surface area (Å²) in [6.07, 6.45) is 4.43. The number of imidazole rings is 1. The van der Waals surface area contributed by atoms with Gasteiger partial charge in [-0.1, -0.05) is 30.7 Å².